The van der Waals surface area contributed by atoms with Crippen molar-refractivity contribution in [3.63, 3.8) is 0 Å². The Morgan fingerprint density at radius 2 is 2.43 bits per heavy atom. The van der Waals surface area contributed by atoms with E-state index in [0.29, 0.717) is 5.69 Å². The van der Waals surface area contributed by atoms with Gasteiger partial charge in [-0.05, 0) is 19.0 Å². The van der Waals surface area contributed by atoms with E-state index in [9.17, 15) is 4.79 Å². The van der Waals surface area contributed by atoms with Crippen LogP contribution < -0.4 is 5.56 Å². The summed E-state index contributed by atoms with van der Waals surface area (Å²) >= 11 is 0. The average molecular weight is 191 g/mol. The number of aryl methyl sites for hydroxylation is 1. The van der Waals surface area contributed by atoms with Gasteiger partial charge < -0.3 is 4.98 Å². The predicted octanol–water partition coefficient (Wildman–Crippen LogP) is 1.14. The zero-order valence-corrected chi connectivity index (χ0v) is 7.11. The minimum absolute atomic E-state index is 0.0366. The molecule has 4 heteroatoms. The molecule has 0 saturated heterocycles. The SMILES string of the molecule is [2H]c1c(-c2ccccn2)nc(C([2H])([2H])[2H])[nH]c1=O. The first-order valence-electron chi connectivity index (χ1n) is 5.92. The molecule has 0 aliphatic carbocycles. The van der Waals surface area contributed by atoms with Crippen LogP contribution in [0.4, 0.5) is 0 Å². The monoisotopic (exact) mass is 191 g/mol. The van der Waals surface area contributed by atoms with Gasteiger partial charge in [0, 0.05) is 16.4 Å². The van der Waals surface area contributed by atoms with Gasteiger partial charge >= 0.3 is 0 Å². The summed E-state index contributed by atoms with van der Waals surface area (Å²) in [7, 11) is 0. The Morgan fingerprint density at radius 3 is 3.14 bits per heavy atom. The molecule has 2 aromatic heterocycles. The van der Waals surface area contributed by atoms with Crippen LogP contribution in [0.25, 0.3) is 11.4 Å². The molecule has 0 fully saturated rings. The Hall–Kier alpha value is -1.97. The largest absolute Gasteiger partial charge is 0.311 e. The molecule has 0 aliphatic rings. The highest BCUT2D eigenvalue weighted by Crippen LogP contribution is 2.10. The summed E-state index contributed by atoms with van der Waals surface area (Å²) in [6.07, 6.45) is 1.48. The molecular weight excluding hydrogens is 178 g/mol. The van der Waals surface area contributed by atoms with Crippen molar-refractivity contribution < 1.29 is 5.48 Å². The highest BCUT2D eigenvalue weighted by Gasteiger charge is 2.01. The number of aromatic nitrogens is 3. The number of pyridine rings is 1. The number of nitrogens with zero attached hydrogens (tertiary/aromatic N) is 2. The third-order valence-corrected chi connectivity index (χ3v) is 1.59. The molecule has 2 heterocycles. The molecule has 0 atom stereocenters. The van der Waals surface area contributed by atoms with Crippen molar-refractivity contribution in [2.75, 3.05) is 0 Å². The van der Waals surface area contributed by atoms with Gasteiger partial charge in [0.1, 0.15) is 5.82 Å². The molecule has 4 nitrogen and oxygen atoms in total. The third kappa shape index (κ3) is 1.69. The maximum Gasteiger partial charge on any atom is 0.251 e. The molecule has 0 spiro atoms. The summed E-state index contributed by atoms with van der Waals surface area (Å²) in [5.41, 5.74) is -0.540. The fourth-order valence-electron chi connectivity index (χ4n) is 1.04. The molecule has 2 rings (SSSR count). The van der Waals surface area contributed by atoms with Gasteiger partial charge in [-0.2, -0.15) is 0 Å². The Balaban J connectivity index is 2.68. The fourth-order valence-corrected chi connectivity index (χ4v) is 1.04. The lowest BCUT2D eigenvalue weighted by Crippen LogP contribution is -2.08. The number of aromatic amines is 1. The third-order valence-electron chi connectivity index (χ3n) is 1.59. The molecule has 0 radical (unpaired) electrons. The van der Waals surface area contributed by atoms with Crippen molar-refractivity contribution in [3.05, 3.63) is 46.6 Å². The zero-order valence-electron chi connectivity index (χ0n) is 11.1. The first-order valence-corrected chi connectivity index (χ1v) is 3.92. The molecule has 0 aromatic carbocycles. The normalized spacial score (nSPS) is 15.1. The quantitative estimate of drug-likeness (QED) is 0.735. The number of hydrogen-bond donors (Lipinski definition) is 1. The Morgan fingerprint density at radius 1 is 1.50 bits per heavy atom. The predicted molar refractivity (Wildman–Crippen MR) is 52.8 cm³/mol. The van der Waals surface area contributed by atoms with Crippen LogP contribution in [0.1, 0.15) is 11.3 Å². The molecular formula is C10H9N3O. The van der Waals surface area contributed by atoms with E-state index in [0.717, 1.165) is 0 Å². The van der Waals surface area contributed by atoms with Gasteiger partial charge in [0.15, 0.2) is 0 Å². The van der Waals surface area contributed by atoms with Gasteiger partial charge in [-0.3, -0.25) is 9.78 Å². The van der Waals surface area contributed by atoms with E-state index in [-0.39, 0.29) is 5.69 Å². The number of rotatable bonds is 1. The summed E-state index contributed by atoms with van der Waals surface area (Å²) in [6.45, 7) is -2.53. The van der Waals surface area contributed by atoms with Crippen molar-refractivity contribution in [2.24, 2.45) is 0 Å². The van der Waals surface area contributed by atoms with Crippen LogP contribution >= 0.6 is 0 Å². The lowest BCUT2D eigenvalue weighted by atomic mass is 10.2. The van der Waals surface area contributed by atoms with Gasteiger partial charge in [-0.25, -0.2) is 4.98 Å². The second kappa shape index (κ2) is 3.41. The van der Waals surface area contributed by atoms with Gasteiger partial charge in [0.2, 0.25) is 0 Å². The van der Waals surface area contributed by atoms with Crippen molar-refractivity contribution in [2.45, 2.75) is 6.85 Å². The van der Waals surface area contributed by atoms with Crippen LogP contribution in [0.15, 0.2) is 35.2 Å². The van der Waals surface area contributed by atoms with Crippen LogP contribution in [-0.2, 0) is 0 Å². The number of H-pyrrole nitrogens is 1. The van der Waals surface area contributed by atoms with Crippen LogP contribution in [0.3, 0.4) is 0 Å². The van der Waals surface area contributed by atoms with E-state index in [4.69, 9.17) is 5.48 Å². The molecule has 0 saturated carbocycles. The van der Waals surface area contributed by atoms with Crippen LogP contribution in [0, 0.1) is 6.85 Å². The van der Waals surface area contributed by atoms with Crippen LogP contribution in [0.2, 0.25) is 0 Å². The lowest BCUT2D eigenvalue weighted by Gasteiger charge is -1.99. The first-order chi connectivity index (χ1) is 8.39. The van der Waals surface area contributed by atoms with E-state index in [1.54, 1.807) is 18.2 Å². The fraction of sp³-hybridized carbons (Fsp3) is 0.100. The highest BCUT2D eigenvalue weighted by molar-refractivity contribution is 5.52. The average Bonchev–Trinajstić information content (AvgIpc) is 2.32. The first kappa shape index (κ1) is 5.05. The van der Waals surface area contributed by atoms with E-state index >= 15 is 0 Å². The van der Waals surface area contributed by atoms with Crippen LogP contribution in [-0.4, -0.2) is 15.0 Å². The van der Waals surface area contributed by atoms with Gasteiger partial charge in [-0.1, -0.05) is 6.07 Å². The zero-order chi connectivity index (χ0) is 13.3. The summed E-state index contributed by atoms with van der Waals surface area (Å²) in [5.74, 6) is -0.441. The molecule has 0 bridgehead atoms. The van der Waals surface area contributed by atoms with E-state index < -0.39 is 24.3 Å². The molecule has 70 valence electrons. The minimum Gasteiger partial charge on any atom is -0.311 e. The Labute approximate surface area is 86.3 Å². The molecule has 0 unspecified atom stereocenters. The van der Waals surface area contributed by atoms with Gasteiger partial charge in [-0.15, -0.1) is 0 Å². The van der Waals surface area contributed by atoms with Gasteiger partial charge in [0.05, 0.1) is 12.8 Å². The van der Waals surface area contributed by atoms with Crippen molar-refractivity contribution in [3.8, 4) is 11.4 Å². The molecule has 2 aromatic rings. The highest BCUT2D eigenvalue weighted by atomic mass is 16.1. The van der Waals surface area contributed by atoms with E-state index in [1.807, 2.05) is 0 Å². The van der Waals surface area contributed by atoms with Gasteiger partial charge in [0.25, 0.3) is 5.56 Å². The summed E-state index contributed by atoms with van der Waals surface area (Å²) in [6, 6.07) is 4.50. The van der Waals surface area contributed by atoms with Crippen molar-refractivity contribution in [1.29, 1.82) is 0 Å². The van der Waals surface area contributed by atoms with Crippen molar-refractivity contribution >= 4 is 0 Å². The molecule has 1 N–H and O–H groups in total. The summed E-state index contributed by atoms with van der Waals surface area (Å²) in [4.78, 5) is 21.4. The smallest absolute Gasteiger partial charge is 0.251 e. The maximum absolute atomic E-state index is 11.5. The lowest BCUT2D eigenvalue weighted by molar-refractivity contribution is 1.02. The molecule has 0 amide bonds. The molecule has 14 heavy (non-hydrogen) atoms. The summed E-state index contributed by atoms with van der Waals surface area (Å²) < 4.78 is 29.3. The number of nitrogens with one attached hydrogen (secondary N) is 1. The van der Waals surface area contributed by atoms with E-state index in [1.165, 1.54) is 6.20 Å². The molecule has 0 aliphatic heterocycles. The second-order valence-electron chi connectivity index (χ2n) is 2.60. The Bertz CT molecular complexity index is 621. The number of hydrogen-bond acceptors (Lipinski definition) is 3. The Kier molecular flexibility index (Phi) is 1.23. The standard InChI is InChI=1S/C10H9N3O/c1-7-12-9(6-10(14)13-7)8-4-2-3-5-11-8/h2-6H,1H3,(H,12,13,14)/i1D3,6D. The summed E-state index contributed by atoms with van der Waals surface area (Å²) in [5, 5.41) is 0. The topological polar surface area (TPSA) is 58.6 Å². The maximum atomic E-state index is 11.5. The van der Waals surface area contributed by atoms with Crippen molar-refractivity contribution in [1.82, 2.24) is 15.0 Å². The van der Waals surface area contributed by atoms with E-state index in [2.05, 4.69) is 15.0 Å². The minimum atomic E-state index is -2.53. The van der Waals surface area contributed by atoms with Crippen LogP contribution in [0.5, 0.6) is 0 Å². The second-order valence-corrected chi connectivity index (χ2v) is 2.60.